The number of azide groups is 1. The van der Waals surface area contributed by atoms with Gasteiger partial charge in [-0.25, -0.2) is 8.78 Å². The fourth-order valence-electron chi connectivity index (χ4n) is 5.09. The van der Waals surface area contributed by atoms with E-state index >= 15 is 0 Å². The Labute approximate surface area is 218 Å². The zero-order chi connectivity index (χ0) is 27.2. The number of halogens is 2. The first-order valence-electron chi connectivity index (χ1n) is 12.3. The number of benzene rings is 2. The highest BCUT2D eigenvalue weighted by atomic mass is 19.1. The Morgan fingerprint density at radius 3 is 2.11 bits per heavy atom. The lowest BCUT2D eigenvalue weighted by molar-refractivity contribution is -0.139. The molecule has 2 heterocycles. The van der Waals surface area contributed by atoms with E-state index in [0.717, 1.165) is 11.1 Å². The lowest BCUT2D eigenvalue weighted by Gasteiger charge is -2.40. The lowest BCUT2D eigenvalue weighted by Crippen LogP contribution is -2.52. The first-order chi connectivity index (χ1) is 18.3. The van der Waals surface area contributed by atoms with E-state index in [-0.39, 0.29) is 43.0 Å². The van der Waals surface area contributed by atoms with Crippen LogP contribution in [-0.4, -0.2) is 77.4 Å². The quantitative estimate of drug-likeness (QED) is 0.338. The molecule has 0 radical (unpaired) electrons. The van der Waals surface area contributed by atoms with Crippen molar-refractivity contribution < 1.29 is 18.4 Å². The molecule has 2 aliphatic rings. The Kier molecular flexibility index (Phi) is 8.53. The smallest absolute Gasteiger partial charge is 0.241 e. The highest BCUT2D eigenvalue weighted by Crippen LogP contribution is 2.30. The van der Waals surface area contributed by atoms with Gasteiger partial charge in [-0.05, 0) is 47.3 Å². The van der Waals surface area contributed by atoms with Crippen LogP contribution >= 0.6 is 0 Å². The zero-order valence-corrected chi connectivity index (χ0v) is 20.7. The molecule has 0 aromatic heterocycles. The number of nitrogens with zero attached hydrogens (tertiary/aromatic N) is 7. The molecule has 0 saturated carbocycles. The van der Waals surface area contributed by atoms with E-state index in [1.54, 1.807) is 29.2 Å². The number of nitrogens with two attached hydrogens (primary N) is 1. The first-order valence-corrected chi connectivity index (χ1v) is 12.3. The molecule has 10 nitrogen and oxygen atoms in total. The summed E-state index contributed by atoms with van der Waals surface area (Å²) in [4.78, 5) is 33.7. The number of likely N-dealkylation sites (tertiary alicyclic amines) is 1. The molecule has 2 amide bonds. The molecule has 198 valence electrons. The van der Waals surface area contributed by atoms with Gasteiger partial charge in [-0.3, -0.25) is 14.5 Å². The minimum atomic E-state index is -1.12. The van der Waals surface area contributed by atoms with Crippen molar-refractivity contribution in [2.75, 3.05) is 32.7 Å². The highest BCUT2D eigenvalue weighted by Gasteiger charge is 2.38. The van der Waals surface area contributed by atoms with Gasteiger partial charge in [0.25, 0.3) is 0 Å². The predicted octanol–water partition coefficient (Wildman–Crippen LogP) is 2.72. The zero-order valence-electron chi connectivity index (χ0n) is 20.7. The van der Waals surface area contributed by atoms with E-state index in [1.165, 1.54) is 29.2 Å². The fraction of sp³-hybridized carbons (Fsp3) is 0.423. The Morgan fingerprint density at radius 1 is 1.05 bits per heavy atom. The van der Waals surface area contributed by atoms with Crippen molar-refractivity contribution in [2.24, 2.45) is 10.8 Å². The fourth-order valence-corrected chi connectivity index (χ4v) is 5.09. The van der Waals surface area contributed by atoms with Crippen LogP contribution in [0.25, 0.3) is 10.4 Å². The average Bonchev–Trinajstić information content (AvgIpc) is 3.34. The largest absolute Gasteiger partial charge is 0.340 e. The summed E-state index contributed by atoms with van der Waals surface area (Å²) in [5.74, 6) is -1.50. The van der Waals surface area contributed by atoms with Crippen LogP contribution in [-0.2, 0) is 9.59 Å². The summed E-state index contributed by atoms with van der Waals surface area (Å²) in [6.45, 7) is 1.88. The SMILES string of the molecule is N#C[C@@H]1C[C@H](N=[N+]=[N-])CN1C(=O)[C@@H](N)CC(=O)N1CCN(C(c2ccc(F)cc2)c2ccc(F)cc2)CC1. The Bertz CT molecular complexity index is 1190. The van der Waals surface area contributed by atoms with Gasteiger partial charge in [-0.2, -0.15) is 5.26 Å². The van der Waals surface area contributed by atoms with E-state index in [2.05, 4.69) is 14.9 Å². The van der Waals surface area contributed by atoms with Crippen LogP contribution in [0.2, 0.25) is 0 Å². The molecule has 4 rings (SSSR count). The van der Waals surface area contributed by atoms with Gasteiger partial charge in [-0.1, -0.05) is 29.4 Å². The summed E-state index contributed by atoms with van der Waals surface area (Å²) in [7, 11) is 0. The average molecular weight is 523 g/mol. The molecule has 0 spiro atoms. The number of amides is 2. The third kappa shape index (κ3) is 6.08. The third-order valence-electron chi connectivity index (χ3n) is 7.04. The molecular formula is C26H28F2N8O2. The van der Waals surface area contributed by atoms with Gasteiger partial charge in [-0.15, -0.1) is 0 Å². The number of carbonyl (C=O) groups is 2. The summed E-state index contributed by atoms with van der Waals surface area (Å²) in [5, 5.41) is 13.0. The van der Waals surface area contributed by atoms with Crippen LogP contribution in [0.15, 0.2) is 53.6 Å². The normalized spacial score (nSPS) is 20.6. The standard InChI is InChI=1S/C26H28F2N8O2/c27-19-5-1-17(2-6-19)25(18-3-7-20(28)8-4-18)35-11-9-34(10-12-35)24(37)14-23(30)26(38)36-16-21(32-33-31)13-22(36)15-29/h1-8,21-23,25H,9-14,16,30H2/t21-,22-,23-/m0/s1. The van der Waals surface area contributed by atoms with Crippen molar-refractivity contribution in [2.45, 2.75) is 37.0 Å². The predicted molar refractivity (Wildman–Crippen MR) is 134 cm³/mol. The molecule has 2 N–H and O–H groups in total. The van der Waals surface area contributed by atoms with Crippen molar-refractivity contribution >= 4 is 11.8 Å². The van der Waals surface area contributed by atoms with Crippen LogP contribution in [0.1, 0.15) is 30.0 Å². The maximum Gasteiger partial charge on any atom is 0.241 e. The number of nitriles is 1. The van der Waals surface area contributed by atoms with Gasteiger partial charge in [0.05, 0.1) is 30.6 Å². The monoisotopic (exact) mass is 522 g/mol. The molecule has 12 heteroatoms. The molecule has 38 heavy (non-hydrogen) atoms. The maximum atomic E-state index is 13.6. The van der Waals surface area contributed by atoms with Crippen molar-refractivity contribution in [3.8, 4) is 6.07 Å². The van der Waals surface area contributed by atoms with Crippen LogP contribution < -0.4 is 5.73 Å². The van der Waals surface area contributed by atoms with E-state index in [0.29, 0.717) is 26.2 Å². The van der Waals surface area contributed by atoms with Crippen LogP contribution in [0.4, 0.5) is 8.78 Å². The summed E-state index contributed by atoms with van der Waals surface area (Å²) in [6.07, 6.45) is 0.0250. The van der Waals surface area contributed by atoms with Gasteiger partial charge >= 0.3 is 0 Å². The summed E-state index contributed by atoms with van der Waals surface area (Å²) >= 11 is 0. The number of rotatable bonds is 7. The lowest BCUT2D eigenvalue weighted by atomic mass is 9.96. The molecule has 0 bridgehead atoms. The second-order valence-electron chi connectivity index (χ2n) is 9.46. The van der Waals surface area contributed by atoms with Gasteiger partial charge in [0, 0.05) is 37.6 Å². The second kappa shape index (κ2) is 12.0. The molecule has 2 fully saturated rings. The van der Waals surface area contributed by atoms with E-state index in [9.17, 15) is 23.6 Å². The minimum absolute atomic E-state index is 0.0931. The second-order valence-corrected chi connectivity index (χ2v) is 9.46. The van der Waals surface area contributed by atoms with Gasteiger partial charge in [0.15, 0.2) is 0 Å². The maximum absolute atomic E-state index is 13.6. The molecule has 2 aromatic carbocycles. The Morgan fingerprint density at radius 2 is 1.61 bits per heavy atom. The summed E-state index contributed by atoms with van der Waals surface area (Å²) in [5.41, 5.74) is 16.4. The molecule has 0 unspecified atom stereocenters. The first kappa shape index (κ1) is 27.0. The van der Waals surface area contributed by atoms with Crippen molar-refractivity contribution in [3.05, 3.63) is 81.7 Å². The van der Waals surface area contributed by atoms with Crippen molar-refractivity contribution in [1.82, 2.24) is 14.7 Å². The van der Waals surface area contributed by atoms with Gasteiger partial charge < -0.3 is 15.5 Å². The number of hydrogen-bond donors (Lipinski definition) is 1. The topological polar surface area (TPSA) is 142 Å². The highest BCUT2D eigenvalue weighted by molar-refractivity contribution is 5.88. The van der Waals surface area contributed by atoms with E-state index in [1.807, 2.05) is 6.07 Å². The number of hydrogen-bond acceptors (Lipinski definition) is 6. The number of piperazine rings is 1. The molecule has 2 saturated heterocycles. The van der Waals surface area contributed by atoms with Crippen molar-refractivity contribution in [3.63, 3.8) is 0 Å². The van der Waals surface area contributed by atoms with Crippen LogP contribution in [0.5, 0.6) is 0 Å². The van der Waals surface area contributed by atoms with Crippen LogP contribution in [0.3, 0.4) is 0 Å². The van der Waals surface area contributed by atoms with E-state index < -0.39 is 24.0 Å². The van der Waals surface area contributed by atoms with Crippen LogP contribution in [0, 0.1) is 23.0 Å². The van der Waals surface area contributed by atoms with Crippen molar-refractivity contribution in [1.29, 1.82) is 5.26 Å². The number of carbonyl (C=O) groups excluding carboxylic acids is 2. The summed E-state index contributed by atoms with van der Waals surface area (Å²) < 4.78 is 27.1. The summed E-state index contributed by atoms with van der Waals surface area (Å²) in [6, 6.07) is 11.7. The molecule has 3 atom stereocenters. The van der Waals surface area contributed by atoms with E-state index in [4.69, 9.17) is 11.3 Å². The van der Waals surface area contributed by atoms with Gasteiger partial charge in [0.1, 0.15) is 17.7 Å². The molecule has 2 aliphatic heterocycles. The Hall–Kier alpha value is -4.04. The molecule has 0 aliphatic carbocycles. The molecule has 2 aromatic rings. The molecular weight excluding hydrogens is 494 g/mol. The Balaban J connectivity index is 1.38. The minimum Gasteiger partial charge on any atom is -0.340 e. The van der Waals surface area contributed by atoms with Gasteiger partial charge in [0.2, 0.25) is 11.8 Å². The third-order valence-corrected chi connectivity index (χ3v) is 7.04.